The Morgan fingerprint density at radius 2 is 1.71 bits per heavy atom. The molecule has 0 radical (unpaired) electrons. The molecule has 1 N–H and O–H groups in total. The van der Waals surface area contributed by atoms with Crippen LogP contribution in [0, 0.1) is 5.82 Å². The van der Waals surface area contributed by atoms with Crippen LogP contribution in [0.15, 0.2) is 42.5 Å². The minimum atomic E-state index is -0.480. The molecule has 2 aromatic rings. The van der Waals surface area contributed by atoms with Crippen molar-refractivity contribution in [3.8, 4) is 0 Å². The van der Waals surface area contributed by atoms with Crippen molar-refractivity contribution in [2.24, 2.45) is 0 Å². The maximum atomic E-state index is 13.5. The van der Waals surface area contributed by atoms with Gasteiger partial charge in [0.2, 0.25) is 5.91 Å². The third kappa shape index (κ3) is 3.88. The van der Waals surface area contributed by atoms with Crippen molar-refractivity contribution in [2.45, 2.75) is 38.5 Å². The molecule has 1 amide bonds. The van der Waals surface area contributed by atoms with Gasteiger partial charge in [-0.3, -0.25) is 9.59 Å². The van der Waals surface area contributed by atoms with Crippen LogP contribution in [-0.4, -0.2) is 11.7 Å². The first-order chi connectivity index (χ1) is 11.6. The van der Waals surface area contributed by atoms with E-state index in [0.29, 0.717) is 5.56 Å². The summed E-state index contributed by atoms with van der Waals surface area (Å²) in [5.74, 6) is -0.884. The number of carbonyl (C=O) groups is 2. The van der Waals surface area contributed by atoms with E-state index in [0.717, 1.165) is 19.3 Å². The van der Waals surface area contributed by atoms with E-state index in [-0.39, 0.29) is 30.2 Å². The average Bonchev–Trinajstić information content (AvgIpc) is 2.61. The van der Waals surface area contributed by atoms with Crippen LogP contribution in [0.3, 0.4) is 0 Å². The molecule has 3 nitrogen and oxygen atoms in total. The Bertz CT molecular complexity index is 770. The Labute approximate surface area is 140 Å². The summed E-state index contributed by atoms with van der Waals surface area (Å²) < 4.78 is 13.5. The molecule has 0 heterocycles. The summed E-state index contributed by atoms with van der Waals surface area (Å²) in [5, 5.41) is 2.50. The number of carbonyl (C=O) groups excluding carboxylic acids is 2. The first-order valence-corrected chi connectivity index (χ1v) is 8.33. The molecular weight excluding hydrogens is 305 g/mol. The smallest absolute Gasteiger partial charge is 0.224 e. The molecule has 0 bridgehead atoms. The van der Waals surface area contributed by atoms with Gasteiger partial charge in [-0.2, -0.15) is 0 Å². The molecule has 0 unspecified atom stereocenters. The molecule has 1 aliphatic carbocycles. The number of Topliss-reactive ketones (excluding diaryl/α,β-unsaturated/α-hetero) is 1. The lowest BCUT2D eigenvalue weighted by molar-refractivity contribution is -0.116. The topological polar surface area (TPSA) is 46.2 Å². The van der Waals surface area contributed by atoms with E-state index in [1.165, 1.54) is 29.7 Å². The number of ketones is 1. The molecule has 124 valence electrons. The van der Waals surface area contributed by atoms with E-state index < -0.39 is 5.82 Å². The molecule has 4 heteroatoms. The fourth-order valence-electron chi connectivity index (χ4n) is 3.05. The van der Waals surface area contributed by atoms with E-state index in [4.69, 9.17) is 0 Å². The summed E-state index contributed by atoms with van der Waals surface area (Å²) in [4.78, 5) is 24.2. The zero-order valence-electron chi connectivity index (χ0n) is 13.5. The quantitative estimate of drug-likeness (QED) is 0.833. The van der Waals surface area contributed by atoms with Crippen LogP contribution in [-0.2, 0) is 17.6 Å². The highest BCUT2D eigenvalue weighted by molar-refractivity contribution is 6.00. The average molecular weight is 325 g/mol. The zero-order valence-corrected chi connectivity index (χ0v) is 13.5. The van der Waals surface area contributed by atoms with E-state index >= 15 is 0 Å². The zero-order chi connectivity index (χ0) is 16.9. The van der Waals surface area contributed by atoms with Crippen molar-refractivity contribution in [1.82, 2.24) is 0 Å². The Kier molecular flexibility index (Phi) is 5.04. The van der Waals surface area contributed by atoms with Crippen LogP contribution in [0.25, 0.3) is 0 Å². The van der Waals surface area contributed by atoms with Gasteiger partial charge in [-0.15, -0.1) is 0 Å². The van der Waals surface area contributed by atoms with Crippen molar-refractivity contribution in [1.29, 1.82) is 0 Å². The summed E-state index contributed by atoms with van der Waals surface area (Å²) in [6.45, 7) is 0. The number of benzene rings is 2. The molecule has 0 saturated heterocycles. The molecule has 0 fully saturated rings. The number of anilines is 1. The van der Waals surface area contributed by atoms with Gasteiger partial charge in [0.25, 0.3) is 0 Å². The normalized spacial score (nSPS) is 13.2. The van der Waals surface area contributed by atoms with Crippen molar-refractivity contribution >= 4 is 17.4 Å². The number of para-hydroxylation sites is 1. The molecular formula is C20H20FNO2. The number of amides is 1. The first-order valence-electron chi connectivity index (χ1n) is 8.33. The molecule has 1 aliphatic rings. The van der Waals surface area contributed by atoms with Gasteiger partial charge in [-0.25, -0.2) is 4.39 Å². The number of aryl methyl sites for hydroxylation is 2. The van der Waals surface area contributed by atoms with Crippen molar-refractivity contribution < 1.29 is 14.0 Å². The Balaban J connectivity index is 1.57. The lowest BCUT2D eigenvalue weighted by atomic mass is 9.89. The number of rotatable bonds is 5. The van der Waals surface area contributed by atoms with E-state index in [9.17, 15) is 14.0 Å². The molecule has 0 aromatic heterocycles. The van der Waals surface area contributed by atoms with Gasteiger partial charge in [0.05, 0.1) is 5.69 Å². The largest absolute Gasteiger partial charge is 0.324 e. The molecule has 24 heavy (non-hydrogen) atoms. The predicted molar refractivity (Wildman–Crippen MR) is 91.7 cm³/mol. The maximum Gasteiger partial charge on any atom is 0.224 e. The Morgan fingerprint density at radius 1 is 0.958 bits per heavy atom. The minimum Gasteiger partial charge on any atom is -0.324 e. The molecule has 0 spiro atoms. The van der Waals surface area contributed by atoms with Gasteiger partial charge in [0.1, 0.15) is 5.82 Å². The van der Waals surface area contributed by atoms with Crippen LogP contribution >= 0.6 is 0 Å². The van der Waals surface area contributed by atoms with Crippen LogP contribution < -0.4 is 5.32 Å². The highest BCUT2D eigenvalue weighted by atomic mass is 19.1. The number of fused-ring (bicyclic) bond motifs is 1. The number of hydrogen-bond donors (Lipinski definition) is 1. The predicted octanol–water partition coefficient (Wildman–Crippen LogP) is 4.31. The molecule has 0 aliphatic heterocycles. The summed E-state index contributed by atoms with van der Waals surface area (Å²) in [6.07, 6.45) is 4.63. The number of nitrogens with one attached hydrogen (secondary N) is 1. The second kappa shape index (κ2) is 7.39. The van der Waals surface area contributed by atoms with Gasteiger partial charge >= 0.3 is 0 Å². The van der Waals surface area contributed by atoms with Crippen LogP contribution in [0.2, 0.25) is 0 Å². The van der Waals surface area contributed by atoms with Crippen molar-refractivity contribution in [3.63, 3.8) is 0 Å². The summed E-state index contributed by atoms with van der Waals surface area (Å²) in [6, 6.07) is 11.8. The van der Waals surface area contributed by atoms with E-state index in [1.54, 1.807) is 12.1 Å². The van der Waals surface area contributed by atoms with Crippen LogP contribution in [0.1, 0.15) is 47.2 Å². The van der Waals surface area contributed by atoms with Crippen molar-refractivity contribution in [3.05, 3.63) is 65.0 Å². The SMILES string of the molecule is O=C(CCC(=O)c1ccc2c(c1)CCCC2)Nc1ccccc1F. The standard InChI is InChI=1S/C20H20FNO2/c21-17-7-3-4-8-18(17)22-20(24)12-11-19(23)16-10-9-14-5-1-2-6-15(14)13-16/h3-4,7-10,13H,1-2,5-6,11-12H2,(H,22,24). The Morgan fingerprint density at radius 3 is 2.50 bits per heavy atom. The lowest BCUT2D eigenvalue weighted by Gasteiger charge is -2.16. The minimum absolute atomic E-state index is 0.0459. The first kappa shape index (κ1) is 16.4. The molecule has 0 atom stereocenters. The van der Waals surface area contributed by atoms with Gasteiger partial charge < -0.3 is 5.32 Å². The highest BCUT2D eigenvalue weighted by Gasteiger charge is 2.14. The van der Waals surface area contributed by atoms with Crippen LogP contribution in [0.5, 0.6) is 0 Å². The van der Waals surface area contributed by atoms with E-state index in [1.807, 2.05) is 18.2 Å². The molecule has 2 aromatic carbocycles. The van der Waals surface area contributed by atoms with Crippen LogP contribution in [0.4, 0.5) is 10.1 Å². The third-order valence-electron chi connectivity index (χ3n) is 4.40. The number of hydrogen-bond acceptors (Lipinski definition) is 2. The Hall–Kier alpha value is -2.49. The summed E-state index contributed by atoms with van der Waals surface area (Å²) >= 11 is 0. The highest BCUT2D eigenvalue weighted by Crippen LogP contribution is 2.23. The fourth-order valence-corrected chi connectivity index (χ4v) is 3.05. The molecule has 3 rings (SSSR count). The second-order valence-electron chi connectivity index (χ2n) is 6.14. The second-order valence-corrected chi connectivity index (χ2v) is 6.14. The fraction of sp³-hybridized carbons (Fsp3) is 0.300. The van der Waals surface area contributed by atoms with Crippen molar-refractivity contribution in [2.75, 3.05) is 5.32 Å². The summed E-state index contributed by atoms with van der Waals surface area (Å²) in [7, 11) is 0. The van der Waals surface area contributed by atoms with E-state index in [2.05, 4.69) is 5.32 Å². The van der Waals surface area contributed by atoms with Gasteiger partial charge in [0, 0.05) is 18.4 Å². The van der Waals surface area contributed by atoms with Gasteiger partial charge in [0.15, 0.2) is 5.78 Å². The number of halogens is 1. The third-order valence-corrected chi connectivity index (χ3v) is 4.40. The monoisotopic (exact) mass is 325 g/mol. The lowest BCUT2D eigenvalue weighted by Crippen LogP contribution is -2.14. The van der Waals surface area contributed by atoms with Gasteiger partial charge in [-0.1, -0.05) is 24.3 Å². The van der Waals surface area contributed by atoms with Gasteiger partial charge in [-0.05, 0) is 55.0 Å². The maximum absolute atomic E-state index is 13.5. The molecule has 0 saturated carbocycles. The summed E-state index contributed by atoms with van der Waals surface area (Å²) in [5.41, 5.74) is 3.39.